The summed E-state index contributed by atoms with van der Waals surface area (Å²) >= 11 is 0. The van der Waals surface area contributed by atoms with Gasteiger partial charge in [0, 0.05) is 0 Å². The predicted octanol–water partition coefficient (Wildman–Crippen LogP) is 2.20. The van der Waals surface area contributed by atoms with E-state index in [0.717, 1.165) is 6.42 Å². The van der Waals surface area contributed by atoms with Crippen molar-refractivity contribution in [2.45, 2.75) is 20.3 Å². The van der Waals surface area contributed by atoms with Crippen molar-refractivity contribution < 1.29 is 14.9 Å². The van der Waals surface area contributed by atoms with Crippen LogP contribution >= 0.6 is 0 Å². The Morgan fingerprint density at radius 3 is 2.54 bits per heavy atom. The third-order valence-corrected chi connectivity index (χ3v) is 1.78. The van der Waals surface area contributed by atoms with Gasteiger partial charge in [0.05, 0.1) is 6.61 Å². The second-order valence-electron chi connectivity index (χ2n) is 2.93. The first-order valence-corrected chi connectivity index (χ1v) is 4.31. The van der Waals surface area contributed by atoms with Gasteiger partial charge in [0.1, 0.15) is 0 Å². The summed E-state index contributed by atoms with van der Waals surface area (Å²) < 4.78 is 5.21. The third kappa shape index (κ3) is 2.05. The molecule has 3 heteroatoms. The smallest absolute Gasteiger partial charge is 0.200 e. The van der Waals surface area contributed by atoms with Crippen molar-refractivity contribution in [2.24, 2.45) is 0 Å². The van der Waals surface area contributed by atoms with Gasteiger partial charge in [0.2, 0.25) is 5.75 Å². The zero-order valence-corrected chi connectivity index (χ0v) is 7.87. The fourth-order valence-electron chi connectivity index (χ4n) is 0.991. The van der Waals surface area contributed by atoms with E-state index in [0.29, 0.717) is 17.9 Å². The molecule has 0 atom stereocenters. The molecule has 0 radical (unpaired) electrons. The van der Waals surface area contributed by atoms with Gasteiger partial charge in [-0.2, -0.15) is 0 Å². The Morgan fingerprint density at radius 1 is 1.23 bits per heavy atom. The first-order valence-electron chi connectivity index (χ1n) is 4.31. The second kappa shape index (κ2) is 4.03. The minimum Gasteiger partial charge on any atom is -0.504 e. The molecule has 2 N–H and O–H groups in total. The average Bonchev–Trinajstić information content (AvgIpc) is 2.13. The van der Waals surface area contributed by atoms with Crippen LogP contribution < -0.4 is 4.74 Å². The molecule has 0 saturated carbocycles. The van der Waals surface area contributed by atoms with Gasteiger partial charge in [0.25, 0.3) is 0 Å². The van der Waals surface area contributed by atoms with E-state index in [2.05, 4.69) is 0 Å². The number of phenols is 2. The van der Waals surface area contributed by atoms with E-state index >= 15 is 0 Å². The Kier molecular flexibility index (Phi) is 3.01. The summed E-state index contributed by atoms with van der Waals surface area (Å²) in [7, 11) is 0. The molecule has 13 heavy (non-hydrogen) atoms. The van der Waals surface area contributed by atoms with E-state index in [9.17, 15) is 10.2 Å². The minimum absolute atomic E-state index is 0.103. The molecule has 0 aliphatic carbocycles. The molecule has 0 aliphatic rings. The maximum absolute atomic E-state index is 9.43. The molecule has 0 spiro atoms. The number of hydrogen-bond donors (Lipinski definition) is 2. The summed E-state index contributed by atoms with van der Waals surface area (Å²) in [5.74, 6) is 0.0620. The molecule has 0 bridgehead atoms. The lowest BCUT2D eigenvalue weighted by atomic mass is 10.2. The first kappa shape index (κ1) is 9.71. The molecule has 0 amide bonds. The highest BCUT2D eigenvalue weighted by Crippen LogP contribution is 2.37. The molecule has 3 nitrogen and oxygen atoms in total. The zero-order chi connectivity index (χ0) is 9.84. The van der Waals surface area contributed by atoms with Crippen molar-refractivity contribution >= 4 is 0 Å². The van der Waals surface area contributed by atoms with Crippen LogP contribution in [0.2, 0.25) is 0 Å². The Balaban J connectivity index is 2.90. The lowest BCUT2D eigenvalue weighted by Crippen LogP contribution is -1.95. The lowest BCUT2D eigenvalue weighted by molar-refractivity contribution is 0.292. The molecule has 0 heterocycles. The fourth-order valence-corrected chi connectivity index (χ4v) is 0.991. The Hall–Kier alpha value is -1.38. The molecule has 0 aliphatic heterocycles. The first-order chi connectivity index (χ1) is 6.16. The molecular formula is C10H14O3. The zero-order valence-electron chi connectivity index (χ0n) is 7.87. The van der Waals surface area contributed by atoms with Crippen LogP contribution in [0.5, 0.6) is 17.2 Å². The molecule has 0 aromatic heterocycles. The number of rotatable bonds is 3. The normalized spacial score (nSPS) is 10.0. The maximum atomic E-state index is 9.43. The van der Waals surface area contributed by atoms with Crippen LogP contribution in [-0.4, -0.2) is 16.8 Å². The van der Waals surface area contributed by atoms with E-state index in [4.69, 9.17) is 4.74 Å². The van der Waals surface area contributed by atoms with Crippen molar-refractivity contribution in [3.8, 4) is 17.2 Å². The molecule has 1 aromatic carbocycles. The number of ether oxygens (including phenoxy) is 1. The summed E-state index contributed by atoms with van der Waals surface area (Å²) in [6, 6.07) is 3.36. The Morgan fingerprint density at radius 2 is 1.92 bits per heavy atom. The van der Waals surface area contributed by atoms with Gasteiger partial charge in [-0.25, -0.2) is 0 Å². The van der Waals surface area contributed by atoms with Crippen LogP contribution in [0, 0.1) is 6.92 Å². The molecule has 0 unspecified atom stereocenters. The van der Waals surface area contributed by atoms with Crippen LogP contribution in [0.3, 0.4) is 0 Å². The van der Waals surface area contributed by atoms with Crippen molar-refractivity contribution in [3.63, 3.8) is 0 Å². The standard InChI is InChI=1S/C10H14O3/c1-3-6-13-8-5-4-7(2)9(11)10(8)12/h4-5,11-12H,3,6H2,1-2H3. The van der Waals surface area contributed by atoms with Crippen molar-refractivity contribution in [3.05, 3.63) is 17.7 Å². The van der Waals surface area contributed by atoms with Crippen molar-refractivity contribution in [1.29, 1.82) is 0 Å². The van der Waals surface area contributed by atoms with E-state index in [-0.39, 0.29) is 11.5 Å². The average molecular weight is 182 g/mol. The van der Waals surface area contributed by atoms with Crippen LogP contribution in [-0.2, 0) is 0 Å². The summed E-state index contributed by atoms with van der Waals surface area (Å²) in [5.41, 5.74) is 0.640. The van der Waals surface area contributed by atoms with Gasteiger partial charge >= 0.3 is 0 Å². The SMILES string of the molecule is CCCOc1ccc(C)c(O)c1O. The lowest BCUT2D eigenvalue weighted by Gasteiger charge is -2.08. The van der Waals surface area contributed by atoms with E-state index in [1.165, 1.54) is 0 Å². The van der Waals surface area contributed by atoms with Gasteiger partial charge in [-0.1, -0.05) is 13.0 Å². The van der Waals surface area contributed by atoms with Gasteiger partial charge in [-0.15, -0.1) is 0 Å². The molecule has 1 aromatic rings. The van der Waals surface area contributed by atoms with Crippen LogP contribution in [0.15, 0.2) is 12.1 Å². The van der Waals surface area contributed by atoms with Gasteiger partial charge < -0.3 is 14.9 Å². The quantitative estimate of drug-likeness (QED) is 0.704. The monoisotopic (exact) mass is 182 g/mol. The maximum Gasteiger partial charge on any atom is 0.200 e. The number of phenolic OH excluding ortho intramolecular Hbond substituents is 2. The number of hydrogen-bond acceptors (Lipinski definition) is 3. The summed E-state index contributed by atoms with van der Waals surface area (Å²) in [4.78, 5) is 0. The summed E-state index contributed by atoms with van der Waals surface area (Å²) in [6.07, 6.45) is 0.869. The predicted molar refractivity (Wildman–Crippen MR) is 50.3 cm³/mol. The highest BCUT2D eigenvalue weighted by Gasteiger charge is 2.09. The molecule has 1 rings (SSSR count). The number of aromatic hydroxyl groups is 2. The Labute approximate surface area is 77.6 Å². The van der Waals surface area contributed by atoms with Gasteiger partial charge in [-0.05, 0) is 25.0 Å². The van der Waals surface area contributed by atoms with E-state index < -0.39 is 0 Å². The van der Waals surface area contributed by atoms with Crippen molar-refractivity contribution in [2.75, 3.05) is 6.61 Å². The van der Waals surface area contributed by atoms with E-state index in [1.807, 2.05) is 6.92 Å². The Bertz CT molecular complexity index is 294. The van der Waals surface area contributed by atoms with Crippen LogP contribution in [0.1, 0.15) is 18.9 Å². The highest BCUT2D eigenvalue weighted by molar-refractivity contribution is 5.53. The molecule has 0 saturated heterocycles. The van der Waals surface area contributed by atoms with Gasteiger partial charge in [-0.3, -0.25) is 0 Å². The minimum atomic E-state index is -0.173. The molecule has 0 fully saturated rings. The largest absolute Gasteiger partial charge is 0.504 e. The van der Waals surface area contributed by atoms with Gasteiger partial charge in [0.15, 0.2) is 11.5 Å². The summed E-state index contributed by atoms with van der Waals surface area (Å²) in [6.45, 7) is 4.24. The highest BCUT2D eigenvalue weighted by atomic mass is 16.5. The number of benzene rings is 1. The van der Waals surface area contributed by atoms with E-state index in [1.54, 1.807) is 19.1 Å². The van der Waals surface area contributed by atoms with Crippen molar-refractivity contribution in [1.82, 2.24) is 0 Å². The van der Waals surface area contributed by atoms with Crippen LogP contribution in [0.25, 0.3) is 0 Å². The summed E-state index contributed by atoms with van der Waals surface area (Å²) in [5, 5.41) is 18.8. The number of aryl methyl sites for hydroxylation is 1. The fraction of sp³-hybridized carbons (Fsp3) is 0.400. The topological polar surface area (TPSA) is 49.7 Å². The van der Waals surface area contributed by atoms with Crippen LogP contribution in [0.4, 0.5) is 0 Å². The molecular weight excluding hydrogens is 168 g/mol. The third-order valence-electron chi connectivity index (χ3n) is 1.78. The molecule has 72 valence electrons. The second-order valence-corrected chi connectivity index (χ2v) is 2.93.